The number of anilines is 1. The molecule has 0 bridgehead atoms. The number of hydrogen-bond acceptors (Lipinski definition) is 2. The fraction of sp³-hybridized carbons (Fsp3) is 0.500. The highest BCUT2D eigenvalue weighted by Gasteiger charge is 2.16. The van der Waals surface area contributed by atoms with Gasteiger partial charge in [-0.2, -0.15) is 0 Å². The van der Waals surface area contributed by atoms with E-state index in [0.717, 1.165) is 15.7 Å². The number of rotatable bonds is 5. The molecule has 0 aliphatic rings. The van der Waals surface area contributed by atoms with Gasteiger partial charge in [0.15, 0.2) is 0 Å². The summed E-state index contributed by atoms with van der Waals surface area (Å²) in [5, 5.41) is 3.08. The molecule has 0 fully saturated rings. The Balaban J connectivity index is 2.81. The first-order chi connectivity index (χ1) is 8.45. The molecular weight excluding hydrogens is 339 g/mol. The van der Waals surface area contributed by atoms with Crippen molar-refractivity contribution in [2.24, 2.45) is 5.92 Å². The zero-order chi connectivity index (χ0) is 13.7. The molecule has 1 rings (SSSR count). The number of nitrogens with zero attached hydrogens (tertiary/aromatic N) is 1. The number of alkyl halides is 1. The van der Waals surface area contributed by atoms with Gasteiger partial charge in [0.25, 0.3) is 5.91 Å². The van der Waals surface area contributed by atoms with E-state index in [2.05, 4.69) is 41.8 Å². The Bertz CT molecular complexity index is 405. The van der Waals surface area contributed by atoms with Crippen LogP contribution in [-0.2, 0) is 0 Å². The highest BCUT2D eigenvalue weighted by molar-refractivity contribution is 14.1. The Morgan fingerprint density at radius 2 is 2.06 bits per heavy atom. The van der Waals surface area contributed by atoms with Crippen LogP contribution in [0.5, 0.6) is 0 Å². The van der Waals surface area contributed by atoms with Crippen molar-refractivity contribution in [3.63, 3.8) is 0 Å². The maximum atomic E-state index is 12.2. The van der Waals surface area contributed by atoms with Gasteiger partial charge in [-0.25, -0.2) is 0 Å². The third-order valence-electron chi connectivity index (χ3n) is 2.91. The minimum absolute atomic E-state index is 0.00839. The number of amides is 1. The molecule has 0 spiro atoms. The van der Waals surface area contributed by atoms with E-state index in [9.17, 15) is 4.79 Å². The molecule has 1 aromatic carbocycles. The van der Waals surface area contributed by atoms with Crippen molar-refractivity contribution in [2.45, 2.75) is 19.9 Å². The van der Waals surface area contributed by atoms with Gasteiger partial charge in [0.05, 0.1) is 0 Å². The SMILES string of the molecule is CC(C)C(CI)NC(=O)c1cccc(N(C)C)c1. The van der Waals surface area contributed by atoms with Gasteiger partial charge in [0.1, 0.15) is 0 Å². The Kier molecular flexibility index (Phi) is 5.91. The molecule has 0 radical (unpaired) electrons. The minimum atomic E-state index is 0.00839. The molecule has 4 heteroatoms. The van der Waals surface area contributed by atoms with Crippen molar-refractivity contribution < 1.29 is 4.79 Å². The molecule has 1 atom stereocenters. The van der Waals surface area contributed by atoms with Gasteiger partial charge in [-0.05, 0) is 24.1 Å². The van der Waals surface area contributed by atoms with Gasteiger partial charge >= 0.3 is 0 Å². The van der Waals surface area contributed by atoms with Crippen LogP contribution in [0.15, 0.2) is 24.3 Å². The van der Waals surface area contributed by atoms with Crippen LogP contribution in [0.3, 0.4) is 0 Å². The van der Waals surface area contributed by atoms with E-state index in [1.165, 1.54) is 0 Å². The maximum Gasteiger partial charge on any atom is 0.251 e. The van der Waals surface area contributed by atoms with Crippen LogP contribution in [0.1, 0.15) is 24.2 Å². The second kappa shape index (κ2) is 6.97. The Morgan fingerprint density at radius 3 is 2.56 bits per heavy atom. The fourth-order valence-electron chi connectivity index (χ4n) is 1.56. The van der Waals surface area contributed by atoms with Gasteiger partial charge in [-0.3, -0.25) is 4.79 Å². The summed E-state index contributed by atoms with van der Waals surface area (Å²) >= 11 is 2.31. The van der Waals surface area contributed by atoms with Crippen molar-refractivity contribution in [1.29, 1.82) is 0 Å². The van der Waals surface area contributed by atoms with E-state index in [4.69, 9.17) is 0 Å². The van der Waals surface area contributed by atoms with E-state index in [1.807, 2.05) is 43.3 Å². The van der Waals surface area contributed by atoms with Crippen molar-refractivity contribution in [3.8, 4) is 0 Å². The third kappa shape index (κ3) is 4.15. The lowest BCUT2D eigenvalue weighted by atomic mass is 10.1. The number of nitrogens with one attached hydrogen (secondary N) is 1. The molecule has 1 amide bonds. The molecule has 0 aromatic heterocycles. The molecule has 100 valence electrons. The summed E-state index contributed by atoms with van der Waals surface area (Å²) < 4.78 is 0.925. The quantitative estimate of drug-likeness (QED) is 0.647. The first kappa shape index (κ1) is 15.3. The molecule has 18 heavy (non-hydrogen) atoms. The maximum absolute atomic E-state index is 12.2. The van der Waals surface area contributed by atoms with Crippen molar-refractivity contribution in [1.82, 2.24) is 5.32 Å². The first-order valence-electron chi connectivity index (χ1n) is 6.10. The van der Waals surface area contributed by atoms with Gasteiger partial charge in [0.2, 0.25) is 0 Å². The summed E-state index contributed by atoms with van der Waals surface area (Å²) in [4.78, 5) is 14.2. The van der Waals surface area contributed by atoms with E-state index in [1.54, 1.807) is 0 Å². The van der Waals surface area contributed by atoms with Gasteiger partial charge < -0.3 is 10.2 Å². The predicted octanol–water partition coefficient (Wildman–Crippen LogP) is 2.94. The fourth-order valence-corrected chi connectivity index (χ4v) is 2.80. The number of carbonyl (C=O) groups is 1. The van der Waals surface area contributed by atoms with Crippen LogP contribution in [0.2, 0.25) is 0 Å². The van der Waals surface area contributed by atoms with Crippen LogP contribution >= 0.6 is 22.6 Å². The average molecular weight is 360 g/mol. The lowest BCUT2D eigenvalue weighted by Crippen LogP contribution is -2.39. The van der Waals surface area contributed by atoms with E-state index in [-0.39, 0.29) is 11.9 Å². The molecule has 1 unspecified atom stereocenters. The first-order valence-corrected chi connectivity index (χ1v) is 7.62. The third-order valence-corrected chi connectivity index (χ3v) is 3.86. The molecular formula is C14H21IN2O. The van der Waals surface area contributed by atoms with Crippen LogP contribution in [0.4, 0.5) is 5.69 Å². The van der Waals surface area contributed by atoms with E-state index < -0.39 is 0 Å². The van der Waals surface area contributed by atoms with Crippen molar-refractivity contribution in [3.05, 3.63) is 29.8 Å². The van der Waals surface area contributed by atoms with E-state index in [0.29, 0.717) is 5.92 Å². The van der Waals surface area contributed by atoms with Crippen LogP contribution < -0.4 is 10.2 Å². The highest BCUT2D eigenvalue weighted by atomic mass is 127. The van der Waals surface area contributed by atoms with Crippen LogP contribution in [0, 0.1) is 5.92 Å². The molecule has 0 aliphatic heterocycles. The molecule has 0 aliphatic carbocycles. The van der Waals surface area contributed by atoms with Gasteiger partial charge in [-0.15, -0.1) is 0 Å². The van der Waals surface area contributed by atoms with Crippen LogP contribution in [0.25, 0.3) is 0 Å². The highest BCUT2D eigenvalue weighted by Crippen LogP contribution is 2.14. The zero-order valence-corrected chi connectivity index (χ0v) is 13.6. The summed E-state index contributed by atoms with van der Waals surface area (Å²) in [6.07, 6.45) is 0. The van der Waals surface area contributed by atoms with Crippen molar-refractivity contribution in [2.75, 3.05) is 23.4 Å². The Hall–Kier alpha value is -0.780. The summed E-state index contributed by atoms with van der Waals surface area (Å²) in [5.74, 6) is 0.456. The van der Waals surface area contributed by atoms with Gasteiger partial charge in [0, 0.05) is 35.8 Å². The standard InChI is InChI=1S/C14H21IN2O/c1-10(2)13(9-15)16-14(18)11-6-5-7-12(8-11)17(3)4/h5-8,10,13H,9H2,1-4H3,(H,16,18). The smallest absolute Gasteiger partial charge is 0.251 e. The summed E-state index contributed by atoms with van der Waals surface area (Å²) in [6, 6.07) is 7.90. The zero-order valence-electron chi connectivity index (χ0n) is 11.4. The number of carbonyl (C=O) groups excluding carboxylic acids is 1. The molecule has 0 saturated heterocycles. The molecule has 3 nitrogen and oxygen atoms in total. The molecule has 0 heterocycles. The lowest BCUT2D eigenvalue weighted by molar-refractivity contribution is 0.0932. The van der Waals surface area contributed by atoms with Gasteiger partial charge in [-0.1, -0.05) is 42.5 Å². The predicted molar refractivity (Wildman–Crippen MR) is 85.7 cm³/mol. The molecule has 1 N–H and O–H groups in total. The summed E-state index contributed by atoms with van der Waals surface area (Å²) in [5.41, 5.74) is 1.76. The monoisotopic (exact) mass is 360 g/mol. The number of benzene rings is 1. The summed E-state index contributed by atoms with van der Waals surface area (Å²) in [7, 11) is 3.94. The minimum Gasteiger partial charge on any atom is -0.378 e. The second-order valence-corrected chi connectivity index (χ2v) is 5.80. The summed E-state index contributed by atoms with van der Waals surface area (Å²) in [6.45, 7) is 4.25. The molecule has 1 aromatic rings. The van der Waals surface area contributed by atoms with E-state index >= 15 is 0 Å². The second-order valence-electron chi connectivity index (χ2n) is 4.92. The normalized spacial score (nSPS) is 12.3. The molecule has 0 saturated carbocycles. The number of halogens is 1. The Morgan fingerprint density at radius 1 is 1.39 bits per heavy atom. The lowest BCUT2D eigenvalue weighted by Gasteiger charge is -2.20. The Labute approximate surface area is 123 Å². The van der Waals surface area contributed by atoms with Crippen molar-refractivity contribution >= 4 is 34.2 Å². The topological polar surface area (TPSA) is 32.3 Å². The average Bonchev–Trinajstić information content (AvgIpc) is 2.35. The largest absolute Gasteiger partial charge is 0.378 e. The van der Waals surface area contributed by atoms with Crippen LogP contribution in [-0.4, -0.2) is 30.5 Å². The number of hydrogen-bond donors (Lipinski definition) is 1.